The number of alkyl halides is 11. The van der Waals surface area contributed by atoms with Crippen molar-refractivity contribution < 1.29 is 58.5 Å². The van der Waals surface area contributed by atoms with Gasteiger partial charge in [-0.05, 0) is 22.6 Å². The van der Waals surface area contributed by atoms with Crippen LogP contribution in [0.15, 0.2) is 0 Å². The Morgan fingerprint density at radius 2 is 1.45 bits per heavy atom. The van der Waals surface area contributed by atoms with E-state index >= 15 is 0 Å². The second-order valence-electron chi connectivity index (χ2n) is 4.18. The predicted molar refractivity (Wildman–Crippen MR) is 55.6 cm³/mol. The Morgan fingerprint density at radius 3 is 1.73 bits per heavy atom. The van der Waals surface area contributed by atoms with Crippen LogP contribution in [-0.4, -0.2) is 51.9 Å². The van der Waals surface area contributed by atoms with Crippen LogP contribution < -0.4 is 0 Å². The van der Waals surface area contributed by atoms with Crippen molar-refractivity contribution >= 4 is 22.6 Å². The van der Waals surface area contributed by atoms with Crippen molar-refractivity contribution in [2.24, 2.45) is 0 Å². The molecule has 0 spiro atoms. The van der Waals surface area contributed by atoms with Gasteiger partial charge in [0.05, 0.1) is 0 Å². The molecular formula is C8H5F10IO3. The van der Waals surface area contributed by atoms with Crippen LogP contribution >= 0.6 is 22.6 Å². The smallest absolute Gasteiger partial charge is 0.357 e. The highest BCUT2D eigenvalue weighted by molar-refractivity contribution is 14.1. The molecule has 3 unspecified atom stereocenters. The Morgan fingerprint density at radius 1 is 1.05 bits per heavy atom. The number of aliphatic hydroxyl groups is 1. The summed E-state index contributed by atoms with van der Waals surface area (Å²) in [7, 11) is 0.0454. The maximum Gasteiger partial charge on any atom is 0.449 e. The van der Waals surface area contributed by atoms with Gasteiger partial charge in [0.25, 0.3) is 3.61 Å². The molecule has 0 aromatic heterocycles. The lowest BCUT2D eigenvalue weighted by molar-refractivity contribution is -0.518. The van der Waals surface area contributed by atoms with Crippen molar-refractivity contribution in [2.45, 2.75) is 39.7 Å². The van der Waals surface area contributed by atoms with Crippen LogP contribution in [0.25, 0.3) is 0 Å². The topological polar surface area (TPSA) is 38.7 Å². The van der Waals surface area contributed by atoms with Crippen LogP contribution in [0.1, 0.15) is 0 Å². The van der Waals surface area contributed by atoms with Crippen molar-refractivity contribution in [1.82, 2.24) is 0 Å². The zero-order valence-electron chi connectivity index (χ0n) is 10.00. The first-order chi connectivity index (χ1) is 9.40. The van der Waals surface area contributed by atoms with Gasteiger partial charge in [-0.15, -0.1) is 0 Å². The number of methoxy groups -OCH3 is 1. The molecule has 1 aliphatic rings. The summed E-state index contributed by atoms with van der Waals surface area (Å²) in [5, 5.41) is 8.95. The summed E-state index contributed by atoms with van der Waals surface area (Å²) < 4.78 is 132. The average molecular weight is 466 g/mol. The van der Waals surface area contributed by atoms with E-state index in [1.54, 1.807) is 0 Å². The number of halogens is 11. The number of ether oxygens (including phenoxy) is 2. The van der Waals surface area contributed by atoms with Crippen molar-refractivity contribution in [3.05, 3.63) is 0 Å². The molecule has 1 aliphatic heterocycles. The van der Waals surface area contributed by atoms with E-state index in [0.29, 0.717) is 0 Å². The molecule has 0 amide bonds. The molecule has 1 heterocycles. The third kappa shape index (κ3) is 2.28. The minimum absolute atomic E-state index is 0.0454. The van der Waals surface area contributed by atoms with E-state index in [0.717, 1.165) is 0 Å². The van der Waals surface area contributed by atoms with Gasteiger partial charge >= 0.3 is 30.0 Å². The van der Waals surface area contributed by atoms with E-state index < -0.39 is 39.7 Å². The Labute approximate surface area is 128 Å². The summed E-state index contributed by atoms with van der Waals surface area (Å²) >= 11 is -0.102. The molecule has 0 aromatic rings. The second-order valence-corrected chi connectivity index (χ2v) is 5.70. The Hall–Kier alpha value is -0.0900. The fraction of sp³-hybridized carbons (Fsp3) is 1.00. The molecule has 132 valence electrons. The summed E-state index contributed by atoms with van der Waals surface area (Å²) in [5.41, 5.74) is 0. The maximum atomic E-state index is 13.8. The Bertz CT molecular complexity index is 442. The lowest BCUT2D eigenvalue weighted by Gasteiger charge is -2.53. The van der Waals surface area contributed by atoms with Crippen LogP contribution in [0.4, 0.5) is 43.9 Å². The van der Waals surface area contributed by atoms with Gasteiger partial charge in [0.1, 0.15) is 0 Å². The normalized spacial score (nSPS) is 38.9. The standard InChI is InChI=1S/C8H5F10IO3/c1-21-6(19)3(9,10)2(4(11,12)13)22-7(20,5(6,14)15)8(16,17)18/h2,20H,1H3. The zero-order chi connectivity index (χ0) is 18.0. The largest absolute Gasteiger partial charge is 0.449 e. The molecule has 0 saturated carbocycles. The van der Waals surface area contributed by atoms with Crippen molar-refractivity contribution in [3.63, 3.8) is 0 Å². The van der Waals surface area contributed by atoms with Crippen molar-refractivity contribution in [3.8, 4) is 0 Å². The highest BCUT2D eigenvalue weighted by atomic mass is 127. The van der Waals surface area contributed by atoms with Gasteiger partial charge in [-0.2, -0.15) is 43.9 Å². The van der Waals surface area contributed by atoms with E-state index in [-0.39, 0.29) is 29.7 Å². The molecule has 0 aromatic carbocycles. The van der Waals surface area contributed by atoms with E-state index in [1.807, 2.05) is 0 Å². The molecule has 3 nitrogen and oxygen atoms in total. The highest BCUT2D eigenvalue weighted by Crippen LogP contribution is 2.64. The van der Waals surface area contributed by atoms with Crippen LogP contribution in [-0.2, 0) is 9.47 Å². The molecule has 0 bridgehead atoms. The second kappa shape index (κ2) is 4.95. The monoisotopic (exact) mass is 466 g/mol. The van der Waals surface area contributed by atoms with Gasteiger partial charge in [-0.25, -0.2) is 0 Å². The third-order valence-electron chi connectivity index (χ3n) is 2.84. The molecule has 3 atom stereocenters. The highest BCUT2D eigenvalue weighted by Gasteiger charge is 2.91. The van der Waals surface area contributed by atoms with E-state index in [2.05, 4.69) is 9.47 Å². The maximum absolute atomic E-state index is 13.8. The number of rotatable bonds is 1. The lowest BCUT2D eigenvalue weighted by Crippen LogP contribution is -2.81. The molecule has 1 fully saturated rings. The van der Waals surface area contributed by atoms with Gasteiger partial charge in [0.2, 0.25) is 6.10 Å². The lowest BCUT2D eigenvalue weighted by atomic mass is 9.89. The number of hydrogen-bond donors (Lipinski definition) is 1. The van der Waals surface area contributed by atoms with Gasteiger partial charge in [-0.1, -0.05) is 0 Å². The summed E-state index contributed by atoms with van der Waals surface area (Å²) in [6.45, 7) is 0. The molecule has 1 saturated heterocycles. The quantitative estimate of drug-likeness (QED) is 0.367. The summed E-state index contributed by atoms with van der Waals surface area (Å²) in [4.78, 5) is 0. The van der Waals surface area contributed by atoms with Gasteiger partial charge in [-0.3, -0.25) is 0 Å². The minimum Gasteiger partial charge on any atom is -0.357 e. The van der Waals surface area contributed by atoms with E-state index in [1.165, 1.54) is 0 Å². The summed E-state index contributed by atoms with van der Waals surface area (Å²) in [5.74, 6) is -17.5. The molecule has 22 heavy (non-hydrogen) atoms. The number of hydrogen-bond acceptors (Lipinski definition) is 3. The van der Waals surface area contributed by atoms with Crippen LogP contribution in [0.2, 0.25) is 0 Å². The van der Waals surface area contributed by atoms with Gasteiger partial charge < -0.3 is 14.6 Å². The van der Waals surface area contributed by atoms with Gasteiger partial charge in [0.15, 0.2) is 0 Å². The fourth-order valence-electron chi connectivity index (χ4n) is 1.70. The van der Waals surface area contributed by atoms with Gasteiger partial charge in [0, 0.05) is 7.11 Å². The third-order valence-corrected chi connectivity index (χ3v) is 4.68. The molecule has 0 radical (unpaired) electrons. The first-order valence-electron chi connectivity index (χ1n) is 4.93. The first kappa shape index (κ1) is 20.0. The summed E-state index contributed by atoms with van der Waals surface area (Å²) in [6, 6.07) is 0. The summed E-state index contributed by atoms with van der Waals surface area (Å²) in [6.07, 6.45) is -17.4. The van der Waals surface area contributed by atoms with Crippen LogP contribution in [0.5, 0.6) is 0 Å². The Kier molecular flexibility index (Phi) is 4.49. The fourth-order valence-corrected chi connectivity index (χ4v) is 2.34. The Balaban J connectivity index is 3.70. The van der Waals surface area contributed by atoms with Crippen molar-refractivity contribution in [1.29, 1.82) is 0 Å². The SMILES string of the molecule is COC1(I)C(F)(F)C(C(F)(F)F)OC(O)(C(F)(F)F)C1(F)F. The van der Waals surface area contributed by atoms with E-state index in [4.69, 9.17) is 5.11 Å². The molecule has 1 N–H and O–H groups in total. The molecule has 14 heteroatoms. The molecule has 0 aliphatic carbocycles. The van der Waals surface area contributed by atoms with E-state index in [9.17, 15) is 43.9 Å². The molecule has 1 rings (SSSR count). The molecular weight excluding hydrogens is 461 g/mol. The minimum atomic E-state index is -6.52. The van der Waals surface area contributed by atoms with Crippen LogP contribution in [0.3, 0.4) is 0 Å². The first-order valence-corrected chi connectivity index (χ1v) is 6.01. The average Bonchev–Trinajstić information content (AvgIpc) is 2.29. The zero-order valence-corrected chi connectivity index (χ0v) is 12.2. The predicted octanol–water partition coefficient (Wildman–Crippen LogP) is 3.25. The van der Waals surface area contributed by atoms with Crippen molar-refractivity contribution in [2.75, 3.05) is 7.11 Å². The van der Waals surface area contributed by atoms with Crippen LogP contribution in [0, 0.1) is 0 Å².